The molecule has 8 heteroatoms. The van der Waals surface area contributed by atoms with E-state index in [9.17, 15) is 0 Å². The monoisotopic (exact) mass is 340 g/mol. The van der Waals surface area contributed by atoms with E-state index in [-0.39, 0.29) is 5.95 Å². The molecular formula is C17H20N6O2. The lowest BCUT2D eigenvalue weighted by molar-refractivity contribution is -0.198. The standard InChI is InChI=1S/C17H20N6O2/c1-2-12(25-24)4-3-5-14(18)13-10-11(6-7-15(13)19)22-16-8-9-21-17(20)23-16/h2-4,6-10,18,24H,5,19H2,1H3,(H3,20,21,22,23)/b4-3-,12-2+,18-14?. The van der Waals surface area contributed by atoms with E-state index in [2.05, 4.69) is 20.2 Å². The summed E-state index contributed by atoms with van der Waals surface area (Å²) in [5.41, 5.74) is 13.7. The van der Waals surface area contributed by atoms with Crippen LogP contribution in [-0.2, 0) is 4.89 Å². The topological polar surface area (TPSA) is 143 Å². The highest BCUT2D eigenvalue weighted by molar-refractivity contribution is 6.04. The molecule has 0 amide bonds. The first-order chi connectivity index (χ1) is 12.0. The summed E-state index contributed by atoms with van der Waals surface area (Å²) in [5.74, 6) is 1.02. The number of benzene rings is 1. The van der Waals surface area contributed by atoms with E-state index in [0.717, 1.165) is 5.69 Å². The van der Waals surface area contributed by atoms with Gasteiger partial charge < -0.3 is 27.1 Å². The minimum Gasteiger partial charge on any atom is -0.398 e. The Hall–Kier alpha value is -3.39. The molecule has 2 aromatic rings. The van der Waals surface area contributed by atoms with Gasteiger partial charge >= 0.3 is 0 Å². The zero-order valence-electron chi connectivity index (χ0n) is 13.7. The van der Waals surface area contributed by atoms with E-state index in [1.165, 1.54) is 0 Å². The number of anilines is 4. The van der Waals surface area contributed by atoms with Gasteiger partial charge in [0.2, 0.25) is 5.95 Å². The highest BCUT2D eigenvalue weighted by Gasteiger charge is 2.07. The summed E-state index contributed by atoms with van der Waals surface area (Å²) in [5, 5.41) is 19.9. The lowest BCUT2D eigenvalue weighted by Crippen LogP contribution is -2.05. The van der Waals surface area contributed by atoms with Crippen LogP contribution in [0, 0.1) is 5.41 Å². The zero-order valence-corrected chi connectivity index (χ0v) is 13.7. The van der Waals surface area contributed by atoms with Gasteiger partial charge in [0.15, 0.2) is 5.76 Å². The van der Waals surface area contributed by atoms with Crippen LogP contribution in [0.5, 0.6) is 0 Å². The van der Waals surface area contributed by atoms with Crippen LogP contribution in [0.2, 0.25) is 0 Å². The Morgan fingerprint density at radius 2 is 2.16 bits per heavy atom. The third-order valence-corrected chi connectivity index (χ3v) is 3.32. The quantitative estimate of drug-likeness (QED) is 0.130. The summed E-state index contributed by atoms with van der Waals surface area (Å²) in [7, 11) is 0. The summed E-state index contributed by atoms with van der Waals surface area (Å²) in [4.78, 5) is 12.1. The largest absolute Gasteiger partial charge is 0.398 e. The second kappa shape index (κ2) is 8.46. The Morgan fingerprint density at radius 3 is 2.84 bits per heavy atom. The lowest BCUT2D eigenvalue weighted by atomic mass is 10.0. The summed E-state index contributed by atoms with van der Waals surface area (Å²) in [6.07, 6.45) is 6.77. The molecule has 1 aromatic heterocycles. The van der Waals surface area contributed by atoms with Crippen molar-refractivity contribution in [3.63, 3.8) is 0 Å². The fraction of sp³-hybridized carbons (Fsp3) is 0.118. The van der Waals surface area contributed by atoms with E-state index in [0.29, 0.717) is 35.0 Å². The molecule has 0 saturated carbocycles. The smallest absolute Gasteiger partial charge is 0.221 e. The summed E-state index contributed by atoms with van der Waals surface area (Å²) in [6, 6.07) is 6.96. The number of allylic oxidation sites excluding steroid dienone is 3. The molecule has 0 spiro atoms. The molecule has 8 nitrogen and oxygen atoms in total. The third kappa shape index (κ3) is 5.05. The average Bonchev–Trinajstić information content (AvgIpc) is 2.60. The molecule has 1 aromatic carbocycles. The molecule has 25 heavy (non-hydrogen) atoms. The number of rotatable bonds is 7. The number of nitrogens with zero attached hydrogens (tertiary/aromatic N) is 2. The minimum absolute atomic E-state index is 0.171. The average molecular weight is 340 g/mol. The summed E-state index contributed by atoms with van der Waals surface area (Å²) >= 11 is 0. The van der Waals surface area contributed by atoms with E-state index >= 15 is 0 Å². The fourth-order valence-corrected chi connectivity index (χ4v) is 2.07. The van der Waals surface area contributed by atoms with Crippen LogP contribution < -0.4 is 16.8 Å². The van der Waals surface area contributed by atoms with Crippen molar-refractivity contribution in [2.75, 3.05) is 16.8 Å². The number of nitrogen functional groups attached to an aromatic ring is 2. The summed E-state index contributed by atoms with van der Waals surface area (Å²) < 4.78 is 0. The van der Waals surface area contributed by atoms with Crippen molar-refractivity contribution < 1.29 is 10.1 Å². The van der Waals surface area contributed by atoms with E-state index < -0.39 is 0 Å². The molecule has 1 heterocycles. The Balaban J connectivity index is 2.14. The highest BCUT2D eigenvalue weighted by atomic mass is 17.1. The maximum Gasteiger partial charge on any atom is 0.221 e. The second-order valence-corrected chi connectivity index (χ2v) is 5.09. The Morgan fingerprint density at radius 1 is 1.36 bits per heavy atom. The van der Waals surface area contributed by atoms with Crippen LogP contribution >= 0.6 is 0 Å². The van der Waals surface area contributed by atoms with Gasteiger partial charge in [-0.1, -0.05) is 6.08 Å². The molecule has 0 unspecified atom stereocenters. The number of aromatic nitrogens is 2. The Labute approximate surface area is 145 Å². The molecule has 7 N–H and O–H groups in total. The van der Waals surface area contributed by atoms with Crippen LogP contribution in [0.25, 0.3) is 0 Å². The molecule has 0 bridgehead atoms. The van der Waals surface area contributed by atoms with Gasteiger partial charge in [-0.15, -0.1) is 0 Å². The van der Waals surface area contributed by atoms with Crippen LogP contribution in [0.4, 0.5) is 23.1 Å². The number of hydrogen-bond donors (Lipinski definition) is 5. The van der Waals surface area contributed by atoms with Crippen molar-refractivity contribution >= 4 is 28.9 Å². The number of nitrogens with two attached hydrogens (primary N) is 2. The number of hydrogen-bond acceptors (Lipinski definition) is 8. The normalized spacial score (nSPS) is 11.5. The van der Waals surface area contributed by atoms with Gasteiger partial charge in [0.1, 0.15) is 5.82 Å². The fourth-order valence-electron chi connectivity index (χ4n) is 2.07. The van der Waals surface area contributed by atoms with Crippen molar-refractivity contribution in [3.05, 3.63) is 60.0 Å². The van der Waals surface area contributed by atoms with Crippen molar-refractivity contribution in [2.24, 2.45) is 0 Å². The van der Waals surface area contributed by atoms with Crippen molar-refractivity contribution in [3.8, 4) is 0 Å². The molecule has 0 radical (unpaired) electrons. The van der Waals surface area contributed by atoms with Gasteiger partial charge in [-0.3, -0.25) is 0 Å². The first-order valence-electron chi connectivity index (χ1n) is 7.50. The first kappa shape index (κ1) is 18.0. The van der Waals surface area contributed by atoms with Gasteiger partial charge in [0.05, 0.1) is 0 Å². The highest BCUT2D eigenvalue weighted by Crippen LogP contribution is 2.22. The number of nitrogens with one attached hydrogen (secondary N) is 2. The van der Waals surface area contributed by atoms with Gasteiger partial charge in [0, 0.05) is 35.3 Å². The molecule has 0 aliphatic carbocycles. The Bertz CT molecular complexity index is 817. The predicted molar refractivity (Wildman–Crippen MR) is 98.6 cm³/mol. The second-order valence-electron chi connectivity index (χ2n) is 5.09. The van der Waals surface area contributed by atoms with Gasteiger partial charge in [0.25, 0.3) is 0 Å². The molecule has 2 rings (SSSR count). The van der Waals surface area contributed by atoms with E-state index in [4.69, 9.17) is 22.1 Å². The maximum atomic E-state index is 8.63. The third-order valence-electron chi connectivity index (χ3n) is 3.32. The van der Waals surface area contributed by atoms with Crippen molar-refractivity contribution in [1.82, 2.24) is 9.97 Å². The molecule has 0 aliphatic heterocycles. The van der Waals surface area contributed by atoms with Crippen LogP contribution in [0.1, 0.15) is 18.9 Å². The van der Waals surface area contributed by atoms with Gasteiger partial charge in [-0.2, -0.15) is 4.98 Å². The Kier molecular flexibility index (Phi) is 6.08. The van der Waals surface area contributed by atoms with Crippen molar-refractivity contribution in [2.45, 2.75) is 13.3 Å². The molecular weight excluding hydrogens is 320 g/mol. The summed E-state index contributed by atoms with van der Waals surface area (Å²) in [6.45, 7) is 1.73. The van der Waals surface area contributed by atoms with E-state index in [1.807, 2.05) is 0 Å². The molecule has 0 fully saturated rings. The van der Waals surface area contributed by atoms with Crippen LogP contribution in [0.3, 0.4) is 0 Å². The SMILES string of the molecule is C/C=C(\C=C/CC(=N)c1cc(Nc2ccnc(N)n2)ccc1N)OO. The van der Waals surface area contributed by atoms with E-state index in [1.54, 1.807) is 55.6 Å². The van der Waals surface area contributed by atoms with Crippen molar-refractivity contribution in [1.29, 1.82) is 5.41 Å². The van der Waals surface area contributed by atoms with Gasteiger partial charge in [-0.05, 0) is 43.3 Å². The van der Waals surface area contributed by atoms with Crippen LogP contribution in [-0.4, -0.2) is 20.9 Å². The maximum absolute atomic E-state index is 8.63. The lowest BCUT2D eigenvalue weighted by Gasteiger charge is -2.11. The molecule has 0 aliphatic rings. The zero-order chi connectivity index (χ0) is 18.2. The minimum atomic E-state index is 0.171. The first-order valence-corrected chi connectivity index (χ1v) is 7.50. The molecule has 0 atom stereocenters. The van der Waals surface area contributed by atoms with Gasteiger partial charge in [-0.25, -0.2) is 10.2 Å². The molecule has 0 saturated heterocycles. The predicted octanol–water partition coefficient (Wildman–Crippen LogP) is 3.09. The van der Waals surface area contributed by atoms with Crippen LogP contribution in [0.15, 0.2) is 54.4 Å². The molecule has 130 valence electrons.